The summed E-state index contributed by atoms with van der Waals surface area (Å²) in [6.07, 6.45) is 8.27. The Morgan fingerprint density at radius 2 is 1.49 bits per heavy atom. The van der Waals surface area contributed by atoms with Crippen molar-refractivity contribution in [2.24, 2.45) is 46.8 Å². The van der Waals surface area contributed by atoms with Crippen LogP contribution in [0, 0.1) is 46.8 Å². The topological polar surface area (TPSA) is 79.3 Å². The fraction of sp³-hybridized carbons (Fsp3) is 0.944. The molecule has 8 atom stereocenters. The summed E-state index contributed by atoms with van der Waals surface area (Å²) in [5.74, 6) is 2.86. The maximum Gasteiger partial charge on any atom is 0.319 e. The summed E-state index contributed by atoms with van der Waals surface area (Å²) in [4.78, 5) is 31.0. The number of rotatable bonds is 3. The van der Waals surface area contributed by atoms with E-state index in [1.54, 1.807) is 13.8 Å². The van der Waals surface area contributed by atoms with Crippen LogP contribution in [0.1, 0.15) is 114 Å². The lowest BCUT2D eigenvalue weighted by Crippen LogP contribution is -2.58. The molecule has 0 amide bonds. The molecule has 4 fully saturated rings. The second-order valence-electron chi connectivity index (χ2n) is 15.2. The summed E-state index contributed by atoms with van der Waals surface area (Å²) >= 11 is 0. The van der Waals surface area contributed by atoms with Crippen LogP contribution in [0.2, 0.25) is 0 Å². The molecule has 1 saturated carbocycles. The lowest BCUT2D eigenvalue weighted by Gasteiger charge is -2.47. The van der Waals surface area contributed by atoms with Gasteiger partial charge in [-0.05, 0) is 83.6 Å². The fourth-order valence-electron chi connectivity index (χ4n) is 7.87. The van der Waals surface area contributed by atoms with E-state index in [0.717, 1.165) is 44.8 Å². The van der Waals surface area contributed by atoms with Gasteiger partial charge in [-0.2, -0.15) is 0 Å². The third-order valence-electron chi connectivity index (χ3n) is 10.6. The number of Topliss-reactive ketones (excluding diaryl/α,β-unsaturated/α-hetero) is 1. The van der Waals surface area contributed by atoms with E-state index in [1.165, 1.54) is 32.2 Å². The van der Waals surface area contributed by atoms with E-state index >= 15 is 0 Å². The summed E-state index contributed by atoms with van der Waals surface area (Å²) in [7, 11) is 2.19. The number of esters is 1. The van der Waals surface area contributed by atoms with Gasteiger partial charge in [-0.15, -0.1) is 0 Å². The molecule has 43 heavy (non-hydrogen) atoms. The maximum atomic E-state index is 13.0. The highest BCUT2D eigenvalue weighted by molar-refractivity contribution is 6.03. The van der Waals surface area contributed by atoms with E-state index in [0.29, 0.717) is 30.3 Å². The molecule has 4 rings (SSSR count). The van der Waals surface area contributed by atoms with Gasteiger partial charge in [0.15, 0.2) is 12.1 Å². The number of carbonyl (C=O) groups is 2. The SMILES string of the molecule is CC.C[C@@H]1C[C@@H](C)CN(C)[C@H](C2CN(CC3CCCC3)C2)COC(=O)C(C)(C)C(=O)[C@H](C)C1.C[C@H]1[C@H](O)O[C@H](C)C[C@@H]1C. The third kappa shape index (κ3) is 11.1. The van der Waals surface area contributed by atoms with Gasteiger partial charge in [-0.3, -0.25) is 14.5 Å². The number of ether oxygens (including phenoxy) is 2. The molecule has 3 aliphatic heterocycles. The van der Waals surface area contributed by atoms with Crippen LogP contribution >= 0.6 is 0 Å². The van der Waals surface area contributed by atoms with Gasteiger partial charge in [-0.1, -0.05) is 61.3 Å². The molecule has 0 bridgehead atoms. The number of hydrogen-bond donors (Lipinski definition) is 1. The van der Waals surface area contributed by atoms with Crippen LogP contribution in [0.15, 0.2) is 0 Å². The van der Waals surface area contributed by atoms with Crippen molar-refractivity contribution in [2.45, 2.75) is 133 Å². The van der Waals surface area contributed by atoms with Crippen LogP contribution in [0.5, 0.6) is 0 Å². The number of nitrogens with zero attached hydrogens (tertiary/aromatic N) is 2. The highest BCUT2D eigenvalue weighted by atomic mass is 16.6. The molecule has 252 valence electrons. The van der Waals surface area contributed by atoms with Gasteiger partial charge in [0, 0.05) is 50.0 Å². The first-order valence-corrected chi connectivity index (χ1v) is 17.7. The van der Waals surface area contributed by atoms with Crippen LogP contribution in [-0.4, -0.2) is 84.9 Å². The Morgan fingerprint density at radius 3 is 2.07 bits per heavy atom. The predicted molar refractivity (Wildman–Crippen MR) is 176 cm³/mol. The van der Waals surface area contributed by atoms with E-state index in [1.807, 2.05) is 34.6 Å². The number of aliphatic hydroxyl groups excluding tert-OH is 1. The molecule has 7 heteroatoms. The smallest absolute Gasteiger partial charge is 0.319 e. The normalized spacial score (nSPS) is 37.3. The highest BCUT2D eigenvalue weighted by Gasteiger charge is 2.43. The Hall–Kier alpha value is -1.02. The first-order valence-electron chi connectivity index (χ1n) is 17.7. The molecule has 0 aromatic heterocycles. The highest BCUT2D eigenvalue weighted by Crippen LogP contribution is 2.33. The number of likely N-dealkylation sites (tertiary alicyclic amines) is 1. The van der Waals surface area contributed by atoms with Crippen molar-refractivity contribution in [1.82, 2.24) is 9.80 Å². The minimum absolute atomic E-state index is 0.0209. The number of carbonyl (C=O) groups excluding carboxylic acids is 2. The summed E-state index contributed by atoms with van der Waals surface area (Å²) in [6, 6.07) is 0.227. The molecule has 1 N–H and O–H groups in total. The number of ketones is 1. The molecule has 0 radical (unpaired) electrons. The molecule has 1 aliphatic carbocycles. The zero-order chi connectivity index (χ0) is 32.5. The van der Waals surface area contributed by atoms with Crippen LogP contribution in [0.25, 0.3) is 0 Å². The molecule has 4 aliphatic rings. The average molecular weight is 609 g/mol. The largest absolute Gasteiger partial charge is 0.463 e. The maximum absolute atomic E-state index is 13.0. The van der Waals surface area contributed by atoms with Crippen LogP contribution in [0.3, 0.4) is 0 Å². The second-order valence-corrected chi connectivity index (χ2v) is 15.2. The van der Waals surface area contributed by atoms with Crippen molar-refractivity contribution < 1.29 is 24.2 Å². The van der Waals surface area contributed by atoms with E-state index in [2.05, 4.69) is 37.6 Å². The van der Waals surface area contributed by atoms with Gasteiger partial charge in [0.05, 0.1) is 6.10 Å². The Morgan fingerprint density at radius 1 is 0.884 bits per heavy atom. The van der Waals surface area contributed by atoms with Crippen LogP contribution in [0.4, 0.5) is 0 Å². The molecular weight excluding hydrogens is 540 g/mol. The number of aliphatic hydroxyl groups is 1. The van der Waals surface area contributed by atoms with Crippen molar-refractivity contribution in [1.29, 1.82) is 0 Å². The summed E-state index contributed by atoms with van der Waals surface area (Å²) < 4.78 is 11.1. The number of cyclic esters (lactones) is 1. The first-order chi connectivity index (χ1) is 20.2. The lowest BCUT2D eigenvalue weighted by molar-refractivity contribution is -0.199. The quantitative estimate of drug-likeness (QED) is 0.283. The summed E-state index contributed by atoms with van der Waals surface area (Å²) in [5, 5.41) is 9.30. The van der Waals surface area contributed by atoms with Crippen molar-refractivity contribution in [3.8, 4) is 0 Å². The Bertz CT molecular complexity index is 825. The first kappa shape index (κ1) is 38.2. The zero-order valence-electron chi connectivity index (χ0n) is 29.7. The fourth-order valence-corrected chi connectivity index (χ4v) is 7.87. The molecule has 0 aromatic rings. The van der Waals surface area contributed by atoms with Gasteiger partial charge in [-0.25, -0.2) is 0 Å². The third-order valence-corrected chi connectivity index (χ3v) is 10.6. The predicted octanol–water partition coefficient (Wildman–Crippen LogP) is 6.66. The van der Waals surface area contributed by atoms with Crippen LogP contribution in [-0.2, 0) is 19.1 Å². The van der Waals surface area contributed by atoms with E-state index in [4.69, 9.17) is 9.47 Å². The molecule has 0 spiro atoms. The van der Waals surface area contributed by atoms with Crippen molar-refractivity contribution in [2.75, 3.05) is 39.8 Å². The number of hydrogen-bond acceptors (Lipinski definition) is 7. The molecule has 7 nitrogen and oxygen atoms in total. The Balaban J connectivity index is 0.000000451. The molecule has 3 saturated heterocycles. The van der Waals surface area contributed by atoms with Gasteiger partial charge < -0.3 is 19.5 Å². The van der Waals surface area contributed by atoms with Gasteiger partial charge in [0.25, 0.3) is 0 Å². The molecule has 0 aromatic carbocycles. The van der Waals surface area contributed by atoms with E-state index < -0.39 is 11.7 Å². The van der Waals surface area contributed by atoms with Crippen molar-refractivity contribution in [3.63, 3.8) is 0 Å². The minimum atomic E-state index is -1.07. The second kappa shape index (κ2) is 17.6. The lowest BCUT2D eigenvalue weighted by atomic mass is 9.78. The standard InChI is InChI=1S/C26H46N2O3.C8H16O2.C2H6/c1-18-11-19(2)13-27(6)23(22-15-28(16-22)14-21-9-7-8-10-21)17-31-25(30)26(4,5)24(29)20(3)12-18;1-5-4-6(2)10-8(9)7(5)3;1-2/h18-23H,7-17H2,1-6H3;5-9H,4H2,1-3H3;1-2H3/t18-,19-,20-,23+;5-,6+,7+,8+;/m10./s1. The van der Waals surface area contributed by atoms with Crippen LogP contribution < -0.4 is 0 Å². The minimum Gasteiger partial charge on any atom is -0.463 e. The monoisotopic (exact) mass is 609 g/mol. The van der Waals surface area contributed by atoms with Crippen molar-refractivity contribution >= 4 is 11.8 Å². The number of likely N-dealkylation sites (N-methyl/N-ethyl adjacent to an activating group) is 1. The van der Waals surface area contributed by atoms with E-state index in [-0.39, 0.29) is 35.7 Å². The zero-order valence-corrected chi connectivity index (χ0v) is 29.7. The summed E-state index contributed by atoms with van der Waals surface area (Å²) in [6.45, 7) is 25.1. The summed E-state index contributed by atoms with van der Waals surface area (Å²) in [5.41, 5.74) is -1.07. The Kier molecular flexibility index (Phi) is 15.6. The Labute approximate surface area is 264 Å². The van der Waals surface area contributed by atoms with E-state index in [9.17, 15) is 14.7 Å². The van der Waals surface area contributed by atoms with Crippen molar-refractivity contribution in [3.05, 3.63) is 0 Å². The molecule has 3 heterocycles. The van der Waals surface area contributed by atoms with Gasteiger partial charge in [0.1, 0.15) is 12.0 Å². The van der Waals surface area contributed by atoms with Gasteiger partial charge >= 0.3 is 5.97 Å². The molecule has 0 unspecified atom stereocenters. The average Bonchev–Trinajstić information content (AvgIpc) is 3.43. The van der Waals surface area contributed by atoms with Gasteiger partial charge in [0.2, 0.25) is 0 Å². The molecular formula is C36H68N2O5.